The Hall–Kier alpha value is -2.61. The number of aryl methyl sites for hydroxylation is 2. The molecule has 102 valence electrons. The molecule has 0 saturated heterocycles. The van der Waals surface area contributed by atoms with E-state index < -0.39 is 0 Å². The number of nitrogens with zero attached hydrogens (tertiary/aromatic N) is 1. The minimum atomic E-state index is 0.208. The summed E-state index contributed by atoms with van der Waals surface area (Å²) in [4.78, 5) is 4.43. The van der Waals surface area contributed by atoms with Crippen LogP contribution in [0.2, 0.25) is 0 Å². The van der Waals surface area contributed by atoms with E-state index in [1.165, 1.54) is 21.9 Å². The predicted molar refractivity (Wildman–Crippen MR) is 86.7 cm³/mol. The van der Waals surface area contributed by atoms with Crippen LogP contribution in [0.1, 0.15) is 16.7 Å². The Kier molecular flexibility index (Phi) is 2.74. The number of rotatable bonds is 2. The van der Waals surface area contributed by atoms with E-state index in [2.05, 4.69) is 35.3 Å². The van der Waals surface area contributed by atoms with E-state index in [1.54, 1.807) is 12.1 Å². The van der Waals surface area contributed by atoms with Crippen molar-refractivity contribution in [3.63, 3.8) is 0 Å². The van der Waals surface area contributed by atoms with Crippen LogP contribution in [0.5, 0.6) is 5.75 Å². The lowest BCUT2D eigenvalue weighted by atomic mass is 10.0. The van der Waals surface area contributed by atoms with Gasteiger partial charge in [0.25, 0.3) is 0 Å². The average molecular weight is 273 g/mol. The Morgan fingerprint density at radius 2 is 1.67 bits per heavy atom. The van der Waals surface area contributed by atoms with Crippen molar-refractivity contribution in [3.05, 3.63) is 71.3 Å². The molecule has 0 saturated carbocycles. The van der Waals surface area contributed by atoms with Crippen LogP contribution in [0, 0.1) is 0 Å². The van der Waals surface area contributed by atoms with Crippen LogP contribution in [-0.2, 0) is 12.8 Å². The Morgan fingerprint density at radius 3 is 2.52 bits per heavy atom. The molecule has 0 radical (unpaired) electrons. The summed E-state index contributed by atoms with van der Waals surface area (Å²) in [5.74, 6) is 0.208. The van der Waals surface area contributed by atoms with Gasteiger partial charge >= 0.3 is 0 Å². The number of hydrogen-bond acceptors (Lipinski definition) is 2. The van der Waals surface area contributed by atoms with Crippen molar-refractivity contribution in [2.45, 2.75) is 12.8 Å². The molecule has 1 aliphatic carbocycles. The molecule has 4 rings (SSSR count). The summed E-state index contributed by atoms with van der Waals surface area (Å²) < 4.78 is 0. The third-order valence-electron chi connectivity index (χ3n) is 4.14. The molecule has 0 atom stereocenters. The van der Waals surface area contributed by atoms with E-state index in [4.69, 9.17) is 0 Å². The van der Waals surface area contributed by atoms with Gasteiger partial charge in [0.15, 0.2) is 0 Å². The first-order valence-electron chi connectivity index (χ1n) is 7.18. The van der Waals surface area contributed by atoms with Gasteiger partial charge in [-0.3, -0.25) is 4.99 Å². The fraction of sp³-hybridized carbons (Fsp3) is 0.105. The van der Waals surface area contributed by atoms with Gasteiger partial charge in [0.05, 0.1) is 0 Å². The van der Waals surface area contributed by atoms with Crippen LogP contribution in [0.15, 0.2) is 59.6 Å². The highest BCUT2D eigenvalue weighted by molar-refractivity contribution is 6.03. The highest BCUT2D eigenvalue weighted by Gasteiger charge is 2.14. The summed E-state index contributed by atoms with van der Waals surface area (Å²) in [5, 5.41) is 12.4. The lowest BCUT2D eigenvalue weighted by molar-refractivity contribution is 0.477. The Labute approximate surface area is 123 Å². The first kappa shape index (κ1) is 12.2. The molecule has 0 heterocycles. The van der Waals surface area contributed by atoms with Crippen molar-refractivity contribution in [2.24, 2.45) is 4.99 Å². The SMILES string of the molecule is Oc1ccccc1/N=C/c1ccc2c3c(cccc13)CC2. The molecular formula is C19H15NO. The Morgan fingerprint density at radius 1 is 0.857 bits per heavy atom. The van der Waals surface area contributed by atoms with Crippen LogP contribution in [0.4, 0.5) is 5.69 Å². The smallest absolute Gasteiger partial charge is 0.141 e. The van der Waals surface area contributed by atoms with E-state index in [0.717, 1.165) is 18.4 Å². The van der Waals surface area contributed by atoms with Gasteiger partial charge in [0.1, 0.15) is 11.4 Å². The standard InChI is InChI=1S/C19H15NO/c21-18-7-2-1-6-17(18)20-12-15-11-10-14-9-8-13-4-3-5-16(15)19(13)14/h1-7,10-12,21H,8-9H2/b20-12+. The minimum absolute atomic E-state index is 0.208. The summed E-state index contributed by atoms with van der Waals surface area (Å²) >= 11 is 0. The maximum Gasteiger partial charge on any atom is 0.141 e. The van der Waals surface area contributed by atoms with E-state index in [-0.39, 0.29) is 5.75 Å². The van der Waals surface area contributed by atoms with Crippen molar-refractivity contribution >= 4 is 22.7 Å². The van der Waals surface area contributed by atoms with Gasteiger partial charge in [0, 0.05) is 11.8 Å². The second-order valence-corrected chi connectivity index (χ2v) is 5.40. The summed E-state index contributed by atoms with van der Waals surface area (Å²) in [6.07, 6.45) is 4.11. The molecule has 3 aromatic carbocycles. The monoisotopic (exact) mass is 273 g/mol. The number of phenolic OH excluding ortho intramolecular Hbond substituents is 1. The molecule has 0 amide bonds. The maximum atomic E-state index is 9.79. The fourth-order valence-corrected chi connectivity index (χ4v) is 3.09. The zero-order valence-electron chi connectivity index (χ0n) is 11.6. The number of phenols is 1. The Bertz CT molecular complexity index is 854. The molecule has 0 bridgehead atoms. The van der Waals surface area contributed by atoms with Crippen molar-refractivity contribution in [2.75, 3.05) is 0 Å². The van der Waals surface area contributed by atoms with E-state index in [0.29, 0.717) is 5.69 Å². The van der Waals surface area contributed by atoms with Gasteiger partial charge < -0.3 is 5.11 Å². The zero-order valence-corrected chi connectivity index (χ0v) is 11.6. The third kappa shape index (κ3) is 2.00. The van der Waals surface area contributed by atoms with Gasteiger partial charge in [-0.1, -0.05) is 42.5 Å². The topological polar surface area (TPSA) is 32.6 Å². The lowest BCUT2D eigenvalue weighted by Gasteiger charge is -2.05. The maximum absolute atomic E-state index is 9.79. The largest absolute Gasteiger partial charge is 0.506 e. The number of benzene rings is 3. The van der Waals surface area contributed by atoms with Crippen LogP contribution in [0.25, 0.3) is 10.8 Å². The van der Waals surface area contributed by atoms with Gasteiger partial charge in [-0.2, -0.15) is 0 Å². The molecule has 1 N–H and O–H groups in total. The minimum Gasteiger partial charge on any atom is -0.506 e. The number of hydrogen-bond donors (Lipinski definition) is 1. The molecule has 3 aromatic rings. The van der Waals surface area contributed by atoms with E-state index >= 15 is 0 Å². The molecule has 0 aliphatic heterocycles. The summed E-state index contributed by atoms with van der Waals surface area (Å²) in [6, 6.07) is 17.9. The number of aromatic hydroxyl groups is 1. The second kappa shape index (κ2) is 4.74. The van der Waals surface area contributed by atoms with E-state index in [9.17, 15) is 5.11 Å². The molecule has 0 unspecified atom stereocenters. The normalized spacial score (nSPS) is 13.3. The summed E-state index contributed by atoms with van der Waals surface area (Å²) in [7, 11) is 0. The molecule has 21 heavy (non-hydrogen) atoms. The van der Waals surface area contributed by atoms with Gasteiger partial charge in [-0.25, -0.2) is 0 Å². The Balaban J connectivity index is 1.84. The fourth-order valence-electron chi connectivity index (χ4n) is 3.09. The quantitative estimate of drug-likeness (QED) is 0.690. The first-order chi connectivity index (χ1) is 10.3. The van der Waals surface area contributed by atoms with E-state index in [1.807, 2.05) is 18.3 Å². The zero-order chi connectivity index (χ0) is 14.2. The number of aliphatic imine (C=N–C) groups is 1. The molecule has 1 aliphatic rings. The third-order valence-corrected chi connectivity index (χ3v) is 4.14. The molecular weight excluding hydrogens is 258 g/mol. The van der Waals surface area contributed by atoms with Crippen LogP contribution >= 0.6 is 0 Å². The second-order valence-electron chi connectivity index (χ2n) is 5.40. The van der Waals surface area contributed by atoms with Crippen LogP contribution in [-0.4, -0.2) is 11.3 Å². The highest BCUT2D eigenvalue weighted by atomic mass is 16.3. The number of para-hydroxylation sites is 2. The molecule has 2 nitrogen and oxygen atoms in total. The van der Waals surface area contributed by atoms with Crippen LogP contribution in [0.3, 0.4) is 0 Å². The van der Waals surface area contributed by atoms with Crippen molar-refractivity contribution in [1.29, 1.82) is 0 Å². The molecule has 0 aromatic heterocycles. The highest BCUT2D eigenvalue weighted by Crippen LogP contribution is 2.32. The predicted octanol–water partition coefficient (Wildman–Crippen LogP) is 4.39. The summed E-state index contributed by atoms with van der Waals surface area (Å²) in [5.41, 5.74) is 4.56. The average Bonchev–Trinajstić information content (AvgIpc) is 2.93. The summed E-state index contributed by atoms with van der Waals surface area (Å²) in [6.45, 7) is 0. The van der Waals surface area contributed by atoms with Gasteiger partial charge in [-0.15, -0.1) is 0 Å². The van der Waals surface area contributed by atoms with Crippen LogP contribution < -0.4 is 0 Å². The van der Waals surface area contributed by atoms with Crippen molar-refractivity contribution in [1.82, 2.24) is 0 Å². The molecule has 0 spiro atoms. The lowest BCUT2D eigenvalue weighted by Crippen LogP contribution is -1.87. The van der Waals surface area contributed by atoms with Gasteiger partial charge in [0.2, 0.25) is 0 Å². The molecule has 0 fully saturated rings. The first-order valence-corrected chi connectivity index (χ1v) is 7.18. The van der Waals surface area contributed by atoms with Crippen molar-refractivity contribution < 1.29 is 5.11 Å². The van der Waals surface area contributed by atoms with Gasteiger partial charge in [-0.05, 0) is 46.9 Å². The molecule has 2 heteroatoms. The van der Waals surface area contributed by atoms with Crippen molar-refractivity contribution in [3.8, 4) is 5.75 Å².